The number of hydrogen-bond acceptors (Lipinski definition) is 5. The van der Waals surface area contributed by atoms with Gasteiger partial charge < -0.3 is 10.4 Å². The highest BCUT2D eigenvalue weighted by Gasteiger charge is 2.04. The smallest absolute Gasteiger partial charge is 0.356 e. The van der Waals surface area contributed by atoms with Crippen LogP contribution in [-0.4, -0.2) is 30.8 Å². The number of carbonyl (C=O) groups is 1. The molecule has 2 N–H and O–H groups in total. The molecule has 0 aliphatic carbocycles. The molecule has 88 valence electrons. The molecule has 0 radical (unpaired) electrons. The Morgan fingerprint density at radius 3 is 2.82 bits per heavy atom. The Kier molecular flexibility index (Phi) is 2.99. The molecule has 0 atom stereocenters. The maximum absolute atomic E-state index is 10.6. The average Bonchev–Trinajstić information content (AvgIpc) is 2.73. The average molecular weight is 233 g/mol. The number of carboxylic acids is 1. The number of nitrogens with zero attached hydrogens (tertiary/aromatic N) is 4. The molecule has 0 fully saturated rings. The van der Waals surface area contributed by atoms with Crippen LogP contribution in [0.25, 0.3) is 0 Å². The molecule has 2 heterocycles. The van der Waals surface area contributed by atoms with E-state index >= 15 is 0 Å². The van der Waals surface area contributed by atoms with E-state index in [0.717, 1.165) is 5.69 Å². The SMILES string of the molecule is Cn1ccc(CNc2cnc(C(=O)O)cn2)n1. The van der Waals surface area contributed by atoms with Gasteiger partial charge in [0.2, 0.25) is 0 Å². The molecular weight excluding hydrogens is 222 g/mol. The first-order valence-corrected chi connectivity index (χ1v) is 4.93. The van der Waals surface area contributed by atoms with E-state index < -0.39 is 5.97 Å². The van der Waals surface area contributed by atoms with Crippen molar-refractivity contribution < 1.29 is 9.90 Å². The van der Waals surface area contributed by atoms with Gasteiger partial charge in [0, 0.05) is 13.2 Å². The van der Waals surface area contributed by atoms with Gasteiger partial charge in [-0.15, -0.1) is 0 Å². The number of aromatic nitrogens is 4. The third-order valence-electron chi connectivity index (χ3n) is 2.09. The quantitative estimate of drug-likeness (QED) is 0.799. The van der Waals surface area contributed by atoms with Crippen molar-refractivity contribution in [1.29, 1.82) is 0 Å². The number of carboxylic acid groups (broad SMARTS) is 1. The molecule has 7 nitrogen and oxygen atoms in total. The highest BCUT2D eigenvalue weighted by molar-refractivity contribution is 5.84. The van der Waals surface area contributed by atoms with Gasteiger partial charge in [0.05, 0.1) is 24.6 Å². The monoisotopic (exact) mass is 233 g/mol. The van der Waals surface area contributed by atoms with E-state index in [-0.39, 0.29) is 5.69 Å². The van der Waals surface area contributed by atoms with Crippen LogP contribution in [0.3, 0.4) is 0 Å². The number of rotatable bonds is 4. The predicted molar refractivity (Wildman–Crippen MR) is 59.5 cm³/mol. The summed E-state index contributed by atoms with van der Waals surface area (Å²) in [5, 5.41) is 15.8. The Hall–Kier alpha value is -2.44. The Bertz CT molecular complexity index is 520. The summed E-state index contributed by atoms with van der Waals surface area (Å²) in [6, 6.07) is 1.88. The Morgan fingerprint density at radius 2 is 2.29 bits per heavy atom. The maximum atomic E-state index is 10.6. The number of aryl methyl sites for hydroxylation is 1. The van der Waals surface area contributed by atoms with Crippen LogP contribution >= 0.6 is 0 Å². The van der Waals surface area contributed by atoms with Crippen molar-refractivity contribution in [3.8, 4) is 0 Å². The van der Waals surface area contributed by atoms with Gasteiger partial charge in [-0.05, 0) is 6.07 Å². The Morgan fingerprint density at radius 1 is 1.47 bits per heavy atom. The third kappa shape index (κ3) is 2.77. The van der Waals surface area contributed by atoms with Gasteiger partial charge in [-0.2, -0.15) is 5.10 Å². The molecule has 0 aliphatic rings. The second-order valence-corrected chi connectivity index (χ2v) is 3.43. The van der Waals surface area contributed by atoms with Crippen LogP contribution < -0.4 is 5.32 Å². The van der Waals surface area contributed by atoms with Crippen LogP contribution in [0.15, 0.2) is 24.7 Å². The van der Waals surface area contributed by atoms with Gasteiger partial charge in [0.1, 0.15) is 5.82 Å². The van der Waals surface area contributed by atoms with Crippen LogP contribution in [0.2, 0.25) is 0 Å². The summed E-state index contributed by atoms with van der Waals surface area (Å²) in [7, 11) is 1.84. The van der Waals surface area contributed by atoms with Gasteiger partial charge in [-0.1, -0.05) is 0 Å². The number of nitrogens with one attached hydrogen (secondary N) is 1. The molecule has 0 unspecified atom stereocenters. The van der Waals surface area contributed by atoms with Crippen LogP contribution in [0.4, 0.5) is 5.82 Å². The maximum Gasteiger partial charge on any atom is 0.356 e. The minimum Gasteiger partial charge on any atom is -0.476 e. The zero-order valence-electron chi connectivity index (χ0n) is 9.16. The van der Waals surface area contributed by atoms with E-state index in [1.165, 1.54) is 12.4 Å². The lowest BCUT2D eigenvalue weighted by Gasteiger charge is -2.02. The third-order valence-corrected chi connectivity index (χ3v) is 2.09. The summed E-state index contributed by atoms with van der Waals surface area (Å²) in [4.78, 5) is 18.2. The summed E-state index contributed by atoms with van der Waals surface area (Å²) in [6.45, 7) is 0.516. The molecule has 0 bridgehead atoms. The zero-order valence-corrected chi connectivity index (χ0v) is 9.16. The largest absolute Gasteiger partial charge is 0.476 e. The normalized spacial score (nSPS) is 10.2. The van der Waals surface area contributed by atoms with E-state index in [1.807, 2.05) is 19.3 Å². The Balaban J connectivity index is 1.97. The number of hydrogen-bond donors (Lipinski definition) is 2. The number of aromatic carboxylic acids is 1. The van der Waals surface area contributed by atoms with Crippen molar-refractivity contribution in [2.45, 2.75) is 6.54 Å². The molecule has 0 aliphatic heterocycles. The molecule has 2 aromatic heterocycles. The van der Waals surface area contributed by atoms with Crippen molar-refractivity contribution >= 4 is 11.8 Å². The first-order valence-electron chi connectivity index (χ1n) is 4.93. The van der Waals surface area contributed by atoms with Gasteiger partial charge in [0.15, 0.2) is 5.69 Å². The standard InChI is InChI=1S/C10H11N5O2/c1-15-3-2-7(14-15)4-12-9-6-11-8(5-13-9)10(16)17/h2-3,5-6H,4H2,1H3,(H,12,13)(H,16,17). The lowest BCUT2D eigenvalue weighted by molar-refractivity contribution is 0.0690. The van der Waals surface area contributed by atoms with Crippen LogP contribution in [0.5, 0.6) is 0 Å². The van der Waals surface area contributed by atoms with E-state index in [0.29, 0.717) is 12.4 Å². The fourth-order valence-electron chi connectivity index (χ4n) is 1.27. The van der Waals surface area contributed by atoms with Crippen LogP contribution in [0.1, 0.15) is 16.2 Å². The lowest BCUT2D eigenvalue weighted by Crippen LogP contribution is -2.06. The predicted octanol–water partition coefficient (Wildman–Crippen LogP) is 0.520. The molecule has 2 aromatic rings. The van der Waals surface area contributed by atoms with Crippen molar-refractivity contribution in [3.05, 3.63) is 36.0 Å². The molecule has 0 amide bonds. The summed E-state index contributed by atoms with van der Waals surface area (Å²) >= 11 is 0. The molecule has 17 heavy (non-hydrogen) atoms. The highest BCUT2D eigenvalue weighted by Crippen LogP contribution is 2.03. The van der Waals surface area contributed by atoms with E-state index in [2.05, 4.69) is 20.4 Å². The molecule has 2 rings (SSSR count). The van der Waals surface area contributed by atoms with Crippen molar-refractivity contribution in [2.24, 2.45) is 7.05 Å². The van der Waals surface area contributed by atoms with Crippen molar-refractivity contribution in [2.75, 3.05) is 5.32 Å². The summed E-state index contributed by atoms with van der Waals surface area (Å²) in [5.41, 5.74) is 0.796. The van der Waals surface area contributed by atoms with E-state index in [9.17, 15) is 4.79 Å². The highest BCUT2D eigenvalue weighted by atomic mass is 16.4. The van der Waals surface area contributed by atoms with Crippen LogP contribution in [-0.2, 0) is 13.6 Å². The van der Waals surface area contributed by atoms with Crippen molar-refractivity contribution in [1.82, 2.24) is 19.7 Å². The van der Waals surface area contributed by atoms with Crippen LogP contribution in [0, 0.1) is 0 Å². The van der Waals surface area contributed by atoms with Gasteiger partial charge in [-0.25, -0.2) is 14.8 Å². The molecule has 0 spiro atoms. The molecule has 0 aromatic carbocycles. The van der Waals surface area contributed by atoms with E-state index in [4.69, 9.17) is 5.11 Å². The first kappa shape index (κ1) is 11.1. The minimum absolute atomic E-state index is 0.0756. The van der Waals surface area contributed by atoms with Crippen molar-refractivity contribution in [3.63, 3.8) is 0 Å². The lowest BCUT2D eigenvalue weighted by atomic mass is 10.4. The first-order chi connectivity index (χ1) is 8.15. The van der Waals surface area contributed by atoms with Gasteiger partial charge >= 0.3 is 5.97 Å². The number of anilines is 1. The topological polar surface area (TPSA) is 92.9 Å². The fourth-order valence-corrected chi connectivity index (χ4v) is 1.27. The second-order valence-electron chi connectivity index (χ2n) is 3.43. The molecule has 0 saturated heterocycles. The molecular formula is C10H11N5O2. The fraction of sp³-hybridized carbons (Fsp3) is 0.200. The second kappa shape index (κ2) is 4.60. The Labute approximate surface area is 97.1 Å². The van der Waals surface area contributed by atoms with Gasteiger partial charge in [0.25, 0.3) is 0 Å². The summed E-state index contributed by atoms with van der Waals surface area (Å²) < 4.78 is 1.70. The molecule has 7 heteroatoms. The van der Waals surface area contributed by atoms with Gasteiger partial charge in [-0.3, -0.25) is 4.68 Å². The molecule has 0 saturated carbocycles. The summed E-state index contributed by atoms with van der Waals surface area (Å²) in [6.07, 6.45) is 4.44. The summed E-state index contributed by atoms with van der Waals surface area (Å²) in [5.74, 6) is -0.575. The minimum atomic E-state index is -1.09. The zero-order chi connectivity index (χ0) is 12.3. The van der Waals surface area contributed by atoms with E-state index in [1.54, 1.807) is 4.68 Å².